The maximum absolute atomic E-state index is 12.6. The molecule has 7 heteroatoms. The average Bonchev–Trinajstić information content (AvgIpc) is 2.25. The Kier molecular flexibility index (Phi) is 2.90. The van der Waals surface area contributed by atoms with Crippen LogP contribution in [0.4, 0.5) is 13.2 Å². The number of fused-ring (bicyclic) bond motifs is 1. The molecule has 0 radical (unpaired) electrons. The van der Waals surface area contributed by atoms with Gasteiger partial charge in [0.1, 0.15) is 5.15 Å². The molecular weight excluding hydrogens is 271 g/mol. The second kappa shape index (κ2) is 4.13. The minimum Gasteiger partial charge on any atom is -0.478 e. The topological polar surface area (TPSA) is 50.2 Å². The van der Waals surface area contributed by atoms with Gasteiger partial charge in [0.15, 0.2) is 0 Å². The largest absolute Gasteiger partial charge is 0.478 e. The van der Waals surface area contributed by atoms with Crippen molar-refractivity contribution in [2.75, 3.05) is 0 Å². The molecule has 18 heavy (non-hydrogen) atoms. The van der Waals surface area contributed by atoms with Crippen LogP contribution >= 0.6 is 11.6 Å². The number of carboxylic acid groups (broad SMARTS) is 1. The van der Waals surface area contributed by atoms with Crippen molar-refractivity contribution in [3.05, 3.63) is 40.5 Å². The molecule has 3 nitrogen and oxygen atoms in total. The second-order valence-electron chi connectivity index (χ2n) is 3.51. The summed E-state index contributed by atoms with van der Waals surface area (Å²) in [5, 5.41) is 8.21. The van der Waals surface area contributed by atoms with Crippen LogP contribution in [0, 0.1) is 0 Å². The first-order valence-electron chi connectivity index (χ1n) is 4.70. The van der Waals surface area contributed by atoms with Crippen molar-refractivity contribution in [1.82, 2.24) is 4.98 Å². The molecule has 0 amide bonds. The highest BCUT2D eigenvalue weighted by Crippen LogP contribution is 2.35. The highest BCUT2D eigenvalue weighted by Gasteiger charge is 2.34. The smallest absolute Gasteiger partial charge is 0.419 e. The summed E-state index contributed by atoms with van der Waals surface area (Å²) < 4.78 is 37.8. The molecule has 0 fully saturated rings. The number of alkyl halides is 3. The van der Waals surface area contributed by atoms with Gasteiger partial charge in [-0.05, 0) is 12.1 Å². The second-order valence-corrected chi connectivity index (χ2v) is 3.86. The van der Waals surface area contributed by atoms with Gasteiger partial charge in [-0.2, -0.15) is 13.2 Å². The zero-order chi connectivity index (χ0) is 13.5. The standard InChI is InChI=1S/C11H5ClF3NO2/c12-9-7(11(13,14)15)4-5-2-1-3-6(10(17)18)8(5)16-9/h1-4H,(H,17,18). The lowest BCUT2D eigenvalue weighted by atomic mass is 10.1. The molecule has 1 aromatic heterocycles. The molecule has 1 heterocycles. The van der Waals surface area contributed by atoms with E-state index in [9.17, 15) is 18.0 Å². The lowest BCUT2D eigenvalue weighted by Crippen LogP contribution is -2.08. The Labute approximate surface area is 104 Å². The Bertz CT molecular complexity index is 640. The SMILES string of the molecule is O=C(O)c1cccc2cc(C(F)(F)F)c(Cl)nc12. The number of para-hydroxylation sites is 1. The Morgan fingerprint density at radius 3 is 2.56 bits per heavy atom. The van der Waals surface area contributed by atoms with Crippen LogP contribution in [0.2, 0.25) is 5.15 Å². The fourth-order valence-electron chi connectivity index (χ4n) is 1.55. The maximum atomic E-state index is 12.6. The van der Waals surface area contributed by atoms with Crippen LogP contribution in [-0.4, -0.2) is 16.1 Å². The molecule has 0 atom stereocenters. The highest BCUT2D eigenvalue weighted by molar-refractivity contribution is 6.30. The van der Waals surface area contributed by atoms with E-state index >= 15 is 0 Å². The van der Waals surface area contributed by atoms with Gasteiger partial charge >= 0.3 is 12.1 Å². The first-order valence-corrected chi connectivity index (χ1v) is 5.08. The third-order valence-electron chi connectivity index (χ3n) is 2.34. The minimum absolute atomic E-state index is 0.0667. The number of rotatable bonds is 1. The number of hydrogen-bond acceptors (Lipinski definition) is 2. The van der Waals surface area contributed by atoms with E-state index < -0.39 is 22.9 Å². The molecule has 1 aromatic carbocycles. The number of pyridine rings is 1. The Morgan fingerprint density at radius 2 is 2.00 bits per heavy atom. The zero-order valence-corrected chi connectivity index (χ0v) is 9.38. The van der Waals surface area contributed by atoms with Gasteiger partial charge in [-0.25, -0.2) is 9.78 Å². The molecule has 0 unspecified atom stereocenters. The minimum atomic E-state index is -4.63. The van der Waals surface area contributed by atoms with E-state index in [2.05, 4.69) is 4.98 Å². The van der Waals surface area contributed by atoms with E-state index in [0.717, 1.165) is 6.07 Å². The van der Waals surface area contributed by atoms with Crippen molar-refractivity contribution in [2.45, 2.75) is 6.18 Å². The van der Waals surface area contributed by atoms with Crippen molar-refractivity contribution in [2.24, 2.45) is 0 Å². The van der Waals surface area contributed by atoms with Crippen LogP contribution in [0.25, 0.3) is 10.9 Å². The third-order valence-corrected chi connectivity index (χ3v) is 2.62. The molecule has 94 valence electrons. The highest BCUT2D eigenvalue weighted by atomic mass is 35.5. The van der Waals surface area contributed by atoms with Gasteiger partial charge < -0.3 is 5.11 Å². The van der Waals surface area contributed by atoms with Crippen LogP contribution in [0.15, 0.2) is 24.3 Å². The van der Waals surface area contributed by atoms with E-state index in [1.807, 2.05) is 0 Å². The van der Waals surface area contributed by atoms with E-state index in [-0.39, 0.29) is 16.5 Å². The van der Waals surface area contributed by atoms with Gasteiger partial charge in [0, 0.05) is 5.39 Å². The molecule has 0 saturated heterocycles. The molecule has 0 aliphatic rings. The first-order chi connectivity index (χ1) is 8.30. The Balaban J connectivity index is 2.79. The molecule has 1 N–H and O–H groups in total. The van der Waals surface area contributed by atoms with Crippen molar-refractivity contribution < 1.29 is 23.1 Å². The predicted molar refractivity (Wildman–Crippen MR) is 58.7 cm³/mol. The van der Waals surface area contributed by atoms with Gasteiger partial charge in [-0.15, -0.1) is 0 Å². The summed E-state index contributed by atoms with van der Waals surface area (Å²) in [4.78, 5) is 14.4. The lowest BCUT2D eigenvalue weighted by Gasteiger charge is -2.10. The molecular formula is C11H5ClF3NO2. The molecule has 2 rings (SSSR count). The third kappa shape index (κ3) is 2.11. The van der Waals surface area contributed by atoms with E-state index in [1.54, 1.807) is 0 Å². The van der Waals surface area contributed by atoms with Gasteiger partial charge in [-0.1, -0.05) is 23.7 Å². The number of aromatic carboxylic acids is 1. The predicted octanol–water partition coefficient (Wildman–Crippen LogP) is 3.61. The summed E-state index contributed by atoms with van der Waals surface area (Å²) in [6, 6.07) is 4.74. The maximum Gasteiger partial charge on any atom is 0.419 e. The Morgan fingerprint density at radius 1 is 1.33 bits per heavy atom. The Hall–Kier alpha value is -1.82. The van der Waals surface area contributed by atoms with Crippen molar-refractivity contribution in [3.63, 3.8) is 0 Å². The molecule has 0 spiro atoms. The molecule has 0 aliphatic heterocycles. The normalized spacial score (nSPS) is 11.8. The van der Waals surface area contributed by atoms with Crippen LogP contribution in [0.1, 0.15) is 15.9 Å². The van der Waals surface area contributed by atoms with Crippen LogP contribution < -0.4 is 0 Å². The zero-order valence-electron chi connectivity index (χ0n) is 8.62. The van der Waals surface area contributed by atoms with Gasteiger partial charge in [0.2, 0.25) is 0 Å². The average molecular weight is 276 g/mol. The lowest BCUT2D eigenvalue weighted by molar-refractivity contribution is -0.137. The fraction of sp³-hybridized carbons (Fsp3) is 0.0909. The summed E-state index contributed by atoms with van der Waals surface area (Å²) in [7, 11) is 0. The molecule has 0 bridgehead atoms. The number of halogens is 4. The summed E-state index contributed by atoms with van der Waals surface area (Å²) in [5.41, 5.74) is -1.34. The van der Waals surface area contributed by atoms with Crippen molar-refractivity contribution in [3.8, 4) is 0 Å². The van der Waals surface area contributed by atoms with Crippen LogP contribution in [0.5, 0.6) is 0 Å². The van der Waals surface area contributed by atoms with Gasteiger partial charge in [0.25, 0.3) is 0 Å². The van der Waals surface area contributed by atoms with Gasteiger partial charge in [0.05, 0.1) is 16.6 Å². The number of hydrogen-bond donors (Lipinski definition) is 1. The van der Waals surface area contributed by atoms with E-state index in [0.29, 0.717) is 0 Å². The van der Waals surface area contributed by atoms with Crippen LogP contribution in [0.3, 0.4) is 0 Å². The summed E-state index contributed by atoms with van der Waals surface area (Å²) in [6.07, 6.45) is -4.63. The summed E-state index contributed by atoms with van der Waals surface area (Å²) >= 11 is 5.44. The molecule has 2 aromatic rings. The van der Waals surface area contributed by atoms with Crippen molar-refractivity contribution in [1.29, 1.82) is 0 Å². The monoisotopic (exact) mass is 275 g/mol. The first kappa shape index (κ1) is 12.6. The van der Waals surface area contributed by atoms with E-state index in [4.69, 9.17) is 16.7 Å². The summed E-state index contributed by atoms with van der Waals surface area (Å²) in [5.74, 6) is -1.27. The fourth-order valence-corrected chi connectivity index (χ4v) is 1.79. The van der Waals surface area contributed by atoms with Crippen molar-refractivity contribution >= 4 is 28.5 Å². The molecule has 0 aliphatic carbocycles. The number of carboxylic acids is 1. The van der Waals surface area contributed by atoms with Gasteiger partial charge in [-0.3, -0.25) is 0 Å². The quantitative estimate of drug-likeness (QED) is 0.809. The van der Waals surface area contributed by atoms with Crippen LogP contribution in [-0.2, 0) is 6.18 Å². The number of aromatic nitrogens is 1. The number of benzene rings is 1. The number of nitrogens with zero attached hydrogens (tertiary/aromatic N) is 1. The number of carbonyl (C=O) groups is 1. The molecule has 0 saturated carbocycles. The summed E-state index contributed by atoms with van der Waals surface area (Å²) in [6.45, 7) is 0. The van der Waals surface area contributed by atoms with E-state index in [1.165, 1.54) is 18.2 Å².